The van der Waals surface area contributed by atoms with E-state index in [1.807, 2.05) is 0 Å². The Morgan fingerprint density at radius 2 is 1.86 bits per heavy atom. The zero-order valence-electron chi connectivity index (χ0n) is 3.71. The van der Waals surface area contributed by atoms with E-state index in [9.17, 15) is 0 Å². The largest absolute Gasteiger partial charge is 3.00 e. The molecule has 0 fully saturated rings. The second-order valence-corrected chi connectivity index (χ2v) is 0.399. The molecule has 0 aromatic heterocycles. The summed E-state index contributed by atoms with van der Waals surface area (Å²) in [5, 5.41) is 16.1. The fourth-order valence-electron chi connectivity index (χ4n) is 0. The molecule has 0 aliphatic rings. The summed E-state index contributed by atoms with van der Waals surface area (Å²) in [6, 6.07) is 0.833. The van der Waals surface area contributed by atoms with Crippen molar-refractivity contribution in [1.82, 2.24) is 0 Å². The minimum atomic E-state index is -1.69. The molecule has 0 heterocycles. The third-order valence-corrected chi connectivity index (χ3v) is 0.0913. The number of nitrogens with zero attached hydrogens (tertiary/aromatic N) is 1. The van der Waals surface area contributed by atoms with E-state index in [4.69, 9.17) is 15.2 Å². The zero-order chi connectivity index (χ0) is 4.28. The number of rotatable bonds is 0. The third kappa shape index (κ3) is 19.9. The van der Waals surface area contributed by atoms with Gasteiger partial charge in [-0.1, -0.05) is 0 Å². The normalized spacial score (nSPS) is 3.86. The average Bonchev–Trinajstić information content (AvgIpc) is 1.38. The van der Waals surface area contributed by atoms with Crippen molar-refractivity contribution in [3.63, 3.8) is 0 Å². The molecule has 5 heteroatoms. The summed E-state index contributed by atoms with van der Waals surface area (Å²) < 4.78 is 0. The Morgan fingerprint density at radius 1 is 1.71 bits per heavy atom. The van der Waals surface area contributed by atoms with Gasteiger partial charge in [-0.2, -0.15) is 5.26 Å². The van der Waals surface area contributed by atoms with Crippen LogP contribution in [-0.4, -0.2) is 32.2 Å². The Hall–Kier alpha value is 0.843. The van der Waals surface area contributed by atoms with Crippen LogP contribution in [0.2, 0.25) is 0 Å². The molecule has 0 aliphatic carbocycles. The van der Waals surface area contributed by atoms with Crippen LogP contribution in [0.3, 0.4) is 0 Å². The Labute approximate surface area is 82.1 Å². The number of carboxylic acid groups (broad SMARTS) is 1. The van der Waals surface area contributed by atoms with E-state index in [1.165, 1.54) is 0 Å². The second-order valence-electron chi connectivity index (χ2n) is 0.399. The van der Waals surface area contributed by atoms with E-state index < -0.39 is 5.97 Å². The van der Waals surface area contributed by atoms with Crippen LogP contribution in [0.25, 0.3) is 0 Å². The molecule has 0 saturated carbocycles. The van der Waals surface area contributed by atoms with Gasteiger partial charge in [0, 0.05) is 0 Å². The summed E-state index contributed by atoms with van der Waals surface area (Å²) in [6.45, 7) is 0. The van der Waals surface area contributed by atoms with E-state index in [1.54, 1.807) is 0 Å². The van der Waals surface area contributed by atoms with Gasteiger partial charge in [0.05, 0.1) is 0 Å². The van der Waals surface area contributed by atoms with E-state index >= 15 is 0 Å². The van der Waals surface area contributed by atoms with Crippen LogP contribution in [0.4, 0.5) is 0 Å². The molecule has 0 aromatic rings. The standard InChI is InChI=1S/C2HNO2.Bi.Na/c3-1-2(4)5;;/h(H,4,5);;/q;+3;+1/p-1. The number of carbonyl (C=O) groups excluding carboxylic acids is 1. The molecule has 0 saturated heterocycles. The smallest absolute Gasteiger partial charge is 0.535 e. The van der Waals surface area contributed by atoms with Crippen LogP contribution in [-0.2, 0) is 4.79 Å². The first-order valence-corrected chi connectivity index (χ1v) is 0.882. The van der Waals surface area contributed by atoms with Gasteiger partial charge in [-0.3, -0.25) is 0 Å². The monoisotopic (exact) mass is 302 g/mol. The van der Waals surface area contributed by atoms with E-state index in [0.29, 0.717) is 0 Å². The minimum Gasteiger partial charge on any atom is -0.535 e. The van der Waals surface area contributed by atoms with Crippen molar-refractivity contribution in [2.75, 3.05) is 0 Å². The molecule has 0 rings (SSSR count). The average molecular weight is 302 g/mol. The van der Waals surface area contributed by atoms with E-state index in [2.05, 4.69) is 0 Å². The van der Waals surface area contributed by atoms with Crippen LogP contribution >= 0.6 is 0 Å². The maximum absolute atomic E-state index is 8.90. The topological polar surface area (TPSA) is 63.9 Å². The Kier molecular flexibility index (Phi) is 22.3. The van der Waals surface area contributed by atoms with Crippen molar-refractivity contribution in [2.45, 2.75) is 0 Å². The number of aliphatic carboxylic acids is 1. The van der Waals surface area contributed by atoms with Crippen molar-refractivity contribution in [3.05, 3.63) is 0 Å². The molecule has 0 N–H and O–H groups in total. The van der Waals surface area contributed by atoms with Gasteiger partial charge in [0.2, 0.25) is 0 Å². The quantitative estimate of drug-likeness (QED) is 0.332. The maximum atomic E-state index is 8.90. The van der Waals surface area contributed by atoms with Crippen molar-refractivity contribution in [3.8, 4) is 6.07 Å². The maximum Gasteiger partial charge on any atom is 3.00 e. The molecule has 0 bridgehead atoms. The number of hydrogen-bond donors (Lipinski definition) is 0. The van der Waals surface area contributed by atoms with Crippen LogP contribution in [0, 0.1) is 11.3 Å². The van der Waals surface area contributed by atoms with Crippen LogP contribution in [0.1, 0.15) is 0 Å². The first kappa shape index (κ1) is 15.7. The summed E-state index contributed by atoms with van der Waals surface area (Å²) >= 11 is 0. The zero-order valence-corrected chi connectivity index (χ0v) is 9.19. The molecular weight excluding hydrogens is 302 g/mol. The first-order chi connectivity index (χ1) is 2.27. The SMILES string of the molecule is N#CC(=O)[O-].[Bi+3].[Na+]. The molecule has 7 heavy (non-hydrogen) atoms. The van der Waals surface area contributed by atoms with Gasteiger partial charge in [-0.25, -0.2) is 0 Å². The van der Waals surface area contributed by atoms with Gasteiger partial charge in [0.1, 0.15) is 12.0 Å². The van der Waals surface area contributed by atoms with Gasteiger partial charge in [0.15, 0.2) is 0 Å². The molecule has 3 nitrogen and oxygen atoms in total. The van der Waals surface area contributed by atoms with Gasteiger partial charge in [-0.05, 0) is 0 Å². The fourth-order valence-corrected chi connectivity index (χ4v) is 0. The summed E-state index contributed by atoms with van der Waals surface area (Å²) in [4.78, 5) is 8.90. The molecule has 0 amide bonds. The summed E-state index contributed by atoms with van der Waals surface area (Å²) in [5.74, 6) is -1.69. The molecule has 0 spiro atoms. The van der Waals surface area contributed by atoms with Gasteiger partial charge >= 0.3 is 55.8 Å². The van der Waals surface area contributed by atoms with E-state index in [0.717, 1.165) is 6.07 Å². The van der Waals surface area contributed by atoms with Crippen molar-refractivity contribution in [2.24, 2.45) is 0 Å². The van der Waals surface area contributed by atoms with Crippen LogP contribution < -0.4 is 34.7 Å². The molecule has 28 valence electrons. The number of nitriles is 1. The molecule has 0 aliphatic heterocycles. The summed E-state index contributed by atoms with van der Waals surface area (Å²) in [6.07, 6.45) is 0. The number of carboxylic acids is 1. The molecule has 0 unspecified atom stereocenters. The Balaban J connectivity index is -0.0000000800. The first-order valence-electron chi connectivity index (χ1n) is 0.882. The predicted octanol–water partition coefficient (Wildman–Crippen LogP) is -5.12. The molecule has 0 aromatic carbocycles. The van der Waals surface area contributed by atoms with Gasteiger partial charge < -0.3 is 9.90 Å². The molecular formula is C2BiNNaO2+3. The Morgan fingerprint density at radius 3 is 1.86 bits per heavy atom. The number of carbonyl (C=O) groups is 1. The molecule has 2 radical (unpaired) electrons. The van der Waals surface area contributed by atoms with Crippen molar-refractivity contribution >= 4 is 32.2 Å². The number of hydrogen-bond acceptors (Lipinski definition) is 3. The summed E-state index contributed by atoms with van der Waals surface area (Å²) in [7, 11) is 0. The van der Waals surface area contributed by atoms with Crippen LogP contribution in [0.15, 0.2) is 0 Å². The van der Waals surface area contributed by atoms with Gasteiger partial charge in [-0.15, -0.1) is 0 Å². The second kappa shape index (κ2) is 9.96. The Bertz CT molecular complexity index is 88.2. The minimum absolute atomic E-state index is 0. The van der Waals surface area contributed by atoms with Crippen LogP contribution in [0.5, 0.6) is 0 Å². The molecule has 0 atom stereocenters. The van der Waals surface area contributed by atoms with Crippen molar-refractivity contribution in [1.29, 1.82) is 5.26 Å². The predicted molar refractivity (Wildman–Crippen MR) is 16.4 cm³/mol. The summed E-state index contributed by atoms with van der Waals surface area (Å²) in [5.41, 5.74) is 0. The van der Waals surface area contributed by atoms with Gasteiger partial charge in [0.25, 0.3) is 0 Å². The van der Waals surface area contributed by atoms with Crippen molar-refractivity contribution < 1.29 is 39.5 Å². The third-order valence-electron chi connectivity index (χ3n) is 0.0913. The fraction of sp³-hybridized carbons (Fsp3) is 0. The van der Waals surface area contributed by atoms with E-state index in [-0.39, 0.29) is 55.8 Å².